The number of rotatable bonds is 12. The van der Waals surface area contributed by atoms with Crippen molar-refractivity contribution in [3.8, 4) is 5.75 Å². The Kier molecular flexibility index (Phi) is 10.4. The first-order chi connectivity index (χ1) is 18.5. The highest BCUT2D eigenvalue weighted by atomic mass is 35.5. The molecule has 0 aromatic heterocycles. The number of anilines is 1. The molecule has 8 nitrogen and oxygen atoms in total. The van der Waals surface area contributed by atoms with Crippen LogP contribution < -0.4 is 14.4 Å². The van der Waals surface area contributed by atoms with E-state index in [1.54, 1.807) is 57.4 Å². The summed E-state index contributed by atoms with van der Waals surface area (Å²) in [5, 5.41) is 3.29. The van der Waals surface area contributed by atoms with Crippen LogP contribution in [0.15, 0.2) is 72.8 Å². The molecule has 3 aromatic rings. The Hall–Kier alpha value is -3.56. The van der Waals surface area contributed by atoms with Crippen LogP contribution in [0, 0.1) is 6.92 Å². The average Bonchev–Trinajstić information content (AvgIpc) is 2.90. The standard InChI is InChI=1S/C29H34ClN3O5S/c1-5-31-29(35)27(18-22-10-7-6-8-11-22)32(19-23-12-9-13-25(17-23)38-3)28(34)20-33(39(4,36)37)26-15-14-24(30)16-21(26)2/h6-17,27H,5,18-20H2,1-4H3,(H,31,35)/t27-/m1/s1. The number of aryl methyl sites for hydroxylation is 1. The van der Waals surface area contributed by atoms with E-state index in [4.69, 9.17) is 16.3 Å². The second-order valence-electron chi connectivity index (χ2n) is 9.17. The van der Waals surface area contributed by atoms with Crippen molar-refractivity contribution in [1.29, 1.82) is 0 Å². The minimum Gasteiger partial charge on any atom is -0.497 e. The molecule has 208 valence electrons. The molecular formula is C29H34ClN3O5S. The molecule has 0 fully saturated rings. The topological polar surface area (TPSA) is 96.0 Å². The van der Waals surface area contributed by atoms with Gasteiger partial charge in [0.2, 0.25) is 21.8 Å². The van der Waals surface area contributed by atoms with Gasteiger partial charge in [0.1, 0.15) is 18.3 Å². The highest BCUT2D eigenvalue weighted by Gasteiger charge is 2.33. The number of ether oxygens (including phenoxy) is 1. The number of nitrogens with zero attached hydrogens (tertiary/aromatic N) is 2. The number of amides is 2. The molecule has 0 heterocycles. The molecule has 3 rings (SSSR count). The van der Waals surface area contributed by atoms with E-state index in [2.05, 4.69) is 5.32 Å². The molecule has 1 atom stereocenters. The van der Waals surface area contributed by atoms with Crippen LogP contribution in [0.3, 0.4) is 0 Å². The lowest BCUT2D eigenvalue weighted by Gasteiger charge is -2.33. The Bertz CT molecular complexity index is 1400. The van der Waals surface area contributed by atoms with E-state index in [9.17, 15) is 18.0 Å². The van der Waals surface area contributed by atoms with Gasteiger partial charge in [0.15, 0.2) is 0 Å². The van der Waals surface area contributed by atoms with Crippen molar-refractivity contribution in [2.45, 2.75) is 32.9 Å². The summed E-state index contributed by atoms with van der Waals surface area (Å²) < 4.78 is 32.2. The number of methoxy groups -OCH3 is 1. The molecule has 0 saturated carbocycles. The van der Waals surface area contributed by atoms with Gasteiger partial charge in [-0.2, -0.15) is 0 Å². The summed E-state index contributed by atoms with van der Waals surface area (Å²) in [6.07, 6.45) is 1.30. The van der Waals surface area contributed by atoms with Gasteiger partial charge in [-0.1, -0.05) is 54.1 Å². The van der Waals surface area contributed by atoms with Gasteiger partial charge in [-0.3, -0.25) is 13.9 Å². The van der Waals surface area contributed by atoms with E-state index in [1.165, 1.54) is 4.90 Å². The van der Waals surface area contributed by atoms with E-state index >= 15 is 0 Å². The summed E-state index contributed by atoms with van der Waals surface area (Å²) in [5.41, 5.74) is 2.54. The number of carbonyl (C=O) groups is 2. The first-order valence-electron chi connectivity index (χ1n) is 12.5. The Morgan fingerprint density at radius 3 is 2.31 bits per heavy atom. The Labute approximate surface area is 235 Å². The summed E-state index contributed by atoms with van der Waals surface area (Å²) >= 11 is 6.09. The zero-order valence-corrected chi connectivity index (χ0v) is 24.1. The summed E-state index contributed by atoms with van der Waals surface area (Å²) in [6, 6.07) is 20.5. The fraction of sp³-hybridized carbons (Fsp3) is 0.310. The van der Waals surface area contributed by atoms with Crippen LogP contribution in [0.4, 0.5) is 5.69 Å². The average molecular weight is 572 g/mol. The summed E-state index contributed by atoms with van der Waals surface area (Å²) in [7, 11) is -2.31. The highest BCUT2D eigenvalue weighted by Crippen LogP contribution is 2.26. The fourth-order valence-corrected chi connectivity index (χ4v) is 5.44. The normalized spacial score (nSPS) is 11.9. The number of carbonyl (C=O) groups excluding carboxylic acids is 2. The summed E-state index contributed by atoms with van der Waals surface area (Å²) in [6.45, 7) is 3.49. The third kappa shape index (κ3) is 8.21. The number of sulfonamides is 1. The lowest BCUT2D eigenvalue weighted by atomic mass is 10.0. The number of nitrogens with one attached hydrogen (secondary N) is 1. The maximum absolute atomic E-state index is 14.0. The van der Waals surface area contributed by atoms with Crippen molar-refractivity contribution < 1.29 is 22.7 Å². The van der Waals surface area contributed by atoms with E-state index < -0.39 is 28.5 Å². The van der Waals surface area contributed by atoms with E-state index in [0.29, 0.717) is 28.6 Å². The van der Waals surface area contributed by atoms with E-state index in [0.717, 1.165) is 21.7 Å². The molecule has 0 spiro atoms. The van der Waals surface area contributed by atoms with E-state index in [-0.39, 0.29) is 18.9 Å². The predicted octanol–water partition coefficient (Wildman–Crippen LogP) is 4.20. The molecule has 0 aliphatic rings. The van der Waals surface area contributed by atoms with Crippen LogP contribution in [0.5, 0.6) is 5.75 Å². The third-order valence-corrected chi connectivity index (χ3v) is 7.58. The van der Waals surface area contributed by atoms with Crippen LogP contribution >= 0.6 is 11.6 Å². The second-order valence-corrected chi connectivity index (χ2v) is 11.5. The Morgan fingerprint density at radius 1 is 1.00 bits per heavy atom. The lowest BCUT2D eigenvalue weighted by molar-refractivity contribution is -0.140. The van der Waals surface area contributed by atoms with Gasteiger partial charge in [-0.05, 0) is 60.9 Å². The first kappa shape index (κ1) is 30.0. The molecule has 10 heteroatoms. The summed E-state index contributed by atoms with van der Waals surface area (Å²) in [5.74, 6) is -0.247. The molecule has 39 heavy (non-hydrogen) atoms. The van der Waals surface area contributed by atoms with Crippen LogP contribution in [0.25, 0.3) is 0 Å². The van der Waals surface area contributed by atoms with Crippen LogP contribution in [0.1, 0.15) is 23.6 Å². The Morgan fingerprint density at radius 2 is 1.69 bits per heavy atom. The van der Waals surface area contributed by atoms with Gasteiger partial charge in [-0.25, -0.2) is 8.42 Å². The molecule has 0 saturated heterocycles. The van der Waals surface area contributed by atoms with Gasteiger partial charge in [0.05, 0.1) is 19.1 Å². The molecule has 0 aliphatic carbocycles. The Balaban J connectivity index is 2.07. The monoisotopic (exact) mass is 571 g/mol. The van der Waals surface area contributed by atoms with Gasteiger partial charge < -0.3 is 15.0 Å². The van der Waals surface area contributed by atoms with Crippen molar-refractivity contribution in [1.82, 2.24) is 10.2 Å². The van der Waals surface area contributed by atoms with Crippen molar-refractivity contribution in [3.05, 3.63) is 94.5 Å². The van der Waals surface area contributed by atoms with Crippen molar-refractivity contribution in [2.24, 2.45) is 0 Å². The SMILES string of the molecule is CCNC(=O)[C@@H](Cc1ccccc1)N(Cc1cccc(OC)c1)C(=O)CN(c1ccc(Cl)cc1C)S(C)(=O)=O. The van der Waals surface area contributed by atoms with Crippen LogP contribution in [0.2, 0.25) is 5.02 Å². The predicted molar refractivity (Wildman–Crippen MR) is 155 cm³/mol. The number of likely N-dealkylation sites (N-methyl/N-ethyl adjacent to an activating group) is 1. The van der Waals surface area contributed by atoms with Crippen molar-refractivity contribution in [2.75, 3.05) is 30.8 Å². The van der Waals surface area contributed by atoms with Gasteiger partial charge in [-0.15, -0.1) is 0 Å². The minimum atomic E-state index is -3.86. The van der Waals surface area contributed by atoms with Gasteiger partial charge in [0.25, 0.3) is 0 Å². The molecule has 1 N–H and O–H groups in total. The number of benzene rings is 3. The lowest BCUT2D eigenvalue weighted by Crippen LogP contribution is -2.53. The molecule has 0 radical (unpaired) electrons. The number of hydrogen-bond donors (Lipinski definition) is 1. The van der Waals surface area contributed by atoms with E-state index in [1.807, 2.05) is 36.4 Å². The largest absolute Gasteiger partial charge is 0.497 e. The number of halogens is 1. The molecule has 2 amide bonds. The molecule has 0 unspecified atom stereocenters. The van der Waals surface area contributed by atoms with Crippen molar-refractivity contribution >= 4 is 39.1 Å². The highest BCUT2D eigenvalue weighted by molar-refractivity contribution is 7.92. The first-order valence-corrected chi connectivity index (χ1v) is 14.7. The molecule has 0 aliphatic heterocycles. The molecular weight excluding hydrogens is 538 g/mol. The maximum atomic E-state index is 14.0. The second kappa shape index (κ2) is 13.5. The number of hydrogen-bond acceptors (Lipinski definition) is 5. The zero-order chi connectivity index (χ0) is 28.6. The van der Waals surface area contributed by atoms with Crippen LogP contribution in [-0.2, 0) is 32.6 Å². The smallest absolute Gasteiger partial charge is 0.244 e. The summed E-state index contributed by atoms with van der Waals surface area (Å²) in [4.78, 5) is 28.8. The zero-order valence-electron chi connectivity index (χ0n) is 22.6. The van der Waals surface area contributed by atoms with Crippen LogP contribution in [-0.4, -0.2) is 57.6 Å². The maximum Gasteiger partial charge on any atom is 0.244 e. The quantitative estimate of drug-likeness (QED) is 0.351. The minimum absolute atomic E-state index is 0.0713. The van der Waals surface area contributed by atoms with Gasteiger partial charge in [0, 0.05) is 24.5 Å². The van der Waals surface area contributed by atoms with Gasteiger partial charge >= 0.3 is 0 Å². The van der Waals surface area contributed by atoms with Crippen molar-refractivity contribution in [3.63, 3.8) is 0 Å². The molecule has 3 aromatic carbocycles. The molecule has 0 bridgehead atoms. The third-order valence-electron chi connectivity index (χ3n) is 6.22. The fourth-order valence-electron chi connectivity index (χ4n) is 4.31.